The fourth-order valence-electron chi connectivity index (χ4n) is 5.74. The zero-order valence-corrected chi connectivity index (χ0v) is 31.0. The first-order valence-corrected chi connectivity index (χ1v) is 17.4. The van der Waals surface area contributed by atoms with E-state index in [0.717, 1.165) is 30.0 Å². The first-order valence-electron chi connectivity index (χ1n) is 17.4. The Labute approximate surface area is 292 Å². The number of amides is 1. The van der Waals surface area contributed by atoms with Crippen LogP contribution in [0.5, 0.6) is 5.75 Å². The van der Waals surface area contributed by atoms with Crippen LogP contribution in [-0.4, -0.2) is 12.5 Å². The van der Waals surface area contributed by atoms with E-state index in [1.54, 1.807) is 0 Å². The van der Waals surface area contributed by atoms with Crippen LogP contribution in [0.15, 0.2) is 73.1 Å². The third kappa shape index (κ3) is 14.3. The van der Waals surface area contributed by atoms with Crippen LogP contribution in [0.1, 0.15) is 139 Å². The summed E-state index contributed by atoms with van der Waals surface area (Å²) in [6.45, 7) is 10.2. The summed E-state index contributed by atoms with van der Waals surface area (Å²) in [5.41, 5.74) is 3.78. The van der Waals surface area contributed by atoms with Gasteiger partial charge in [-0.25, -0.2) is 4.57 Å². The predicted octanol–water partition coefficient (Wildman–Crippen LogP) is 7.52. The lowest BCUT2D eigenvalue weighted by atomic mass is 9.85. The second-order valence-electron chi connectivity index (χ2n) is 13.5. The maximum Gasteiger partial charge on any atom is 0.259 e. The van der Waals surface area contributed by atoms with Crippen LogP contribution in [0.4, 0.5) is 5.69 Å². The van der Waals surface area contributed by atoms with Crippen molar-refractivity contribution in [1.29, 1.82) is 0 Å². The molecule has 0 spiro atoms. The van der Waals surface area contributed by atoms with Gasteiger partial charge in [-0.05, 0) is 47.2 Å². The zero-order valence-electron chi connectivity index (χ0n) is 28.8. The third-order valence-corrected chi connectivity index (χ3v) is 8.49. The van der Waals surface area contributed by atoms with Gasteiger partial charge in [-0.1, -0.05) is 135 Å². The highest BCUT2D eigenvalue weighted by molar-refractivity contribution is 6.05. The normalized spacial score (nSPS) is 11.2. The van der Waals surface area contributed by atoms with E-state index in [2.05, 4.69) is 45.9 Å². The van der Waals surface area contributed by atoms with E-state index in [4.69, 9.17) is 4.74 Å². The van der Waals surface area contributed by atoms with Crippen LogP contribution in [0.3, 0.4) is 0 Å². The van der Waals surface area contributed by atoms with E-state index < -0.39 is 0 Å². The number of halogens is 1. The van der Waals surface area contributed by atoms with Crippen molar-refractivity contribution < 1.29 is 38.1 Å². The molecule has 0 saturated heterocycles. The number of rotatable bonds is 20. The van der Waals surface area contributed by atoms with E-state index in [1.165, 1.54) is 89.0 Å². The summed E-state index contributed by atoms with van der Waals surface area (Å²) in [5, 5.41) is 0. The Hall–Kier alpha value is -2.41. The molecule has 248 valence electrons. The molecule has 0 saturated carbocycles. The number of carbonyl (C=O) groups is 1. The number of aryl methyl sites for hydroxylation is 1. The molecule has 2 aromatic carbocycles. The van der Waals surface area contributed by atoms with Crippen molar-refractivity contribution in [3.8, 4) is 5.75 Å². The molecule has 0 radical (unpaired) electrons. The second kappa shape index (κ2) is 21.4. The topological polar surface area (TPSA) is 33.4 Å². The molecular weight excluding hydrogens is 667 g/mol. The molecule has 0 unspecified atom stereocenters. The molecule has 1 amide bonds. The Morgan fingerprint density at radius 3 is 1.80 bits per heavy atom. The van der Waals surface area contributed by atoms with Crippen LogP contribution in [-0.2, 0) is 19.0 Å². The van der Waals surface area contributed by atoms with Crippen LogP contribution in [0.25, 0.3) is 0 Å². The van der Waals surface area contributed by atoms with E-state index >= 15 is 0 Å². The van der Waals surface area contributed by atoms with Gasteiger partial charge in [-0.3, -0.25) is 4.79 Å². The van der Waals surface area contributed by atoms with Crippen LogP contribution >= 0.6 is 0 Å². The molecule has 5 heteroatoms. The molecule has 0 N–H and O–H groups in total. The van der Waals surface area contributed by atoms with Crippen LogP contribution < -0.4 is 38.2 Å². The summed E-state index contributed by atoms with van der Waals surface area (Å²) in [6, 6.07) is 20.2. The first-order chi connectivity index (χ1) is 21.3. The number of ether oxygens (including phenoxy) is 1. The van der Waals surface area contributed by atoms with Gasteiger partial charge in [0.25, 0.3) is 5.91 Å². The number of unbranched alkanes of at least 4 members (excludes halogenated alkanes) is 13. The smallest absolute Gasteiger partial charge is 0.259 e. The molecule has 0 fully saturated rings. The highest BCUT2D eigenvalue weighted by Gasteiger charge is 2.23. The fraction of sp³-hybridized carbons (Fsp3) is 0.550. The molecule has 3 rings (SSSR count). The van der Waals surface area contributed by atoms with E-state index in [-0.39, 0.29) is 35.3 Å². The second-order valence-corrected chi connectivity index (χ2v) is 13.5. The maximum atomic E-state index is 13.7. The zero-order chi connectivity index (χ0) is 31.6. The average molecular weight is 727 g/mol. The number of pyridine rings is 1. The molecule has 0 aliphatic rings. The number of para-hydroxylation sites is 1. The maximum absolute atomic E-state index is 13.7. The van der Waals surface area contributed by atoms with Crippen LogP contribution in [0.2, 0.25) is 0 Å². The van der Waals surface area contributed by atoms with E-state index in [1.807, 2.05) is 71.4 Å². The molecule has 45 heavy (non-hydrogen) atoms. The quantitative estimate of drug-likeness (QED) is 0.0686. The Morgan fingerprint density at radius 1 is 0.733 bits per heavy atom. The van der Waals surface area contributed by atoms with Gasteiger partial charge in [0.1, 0.15) is 12.8 Å². The third-order valence-electron chi connectivity index (χ3n) is 8.49. The molecule has 0 aliphatic heterocycles. The lowest BCUT2D eigenvalue weighted by Gasteiger charge is -2.26. The molecule has 1 aromatic heterocycles. The van der Waals surface area contributed by atoms with Gasteiger partial charge in [0.05, 0.1) is 18.7 Å². The minimum atomic E-state index is -0.0728. The average Bonchev–Trinajstić information content (AvgIpc) is 3.02. The van der Waals surface area contributed by atoms with Crippen molar-refractivity contribution in [3.63, 3.8) is 0 Å². The molecule has 1 heterocycles. The standard InChI is InChI=1S/C40H59N2O2.HI/c1-6-7-8-9-10-11-12-13-14-15-16-17-18-22-31-44-38-26-25-34(32-37(38)40(2,3)4)33-42(36-23-20-19-21-24-36)39(43)35-27-29-41(5)30-28-35;/h19-21,23-30,32H,6-18,22,31,33H2,1-5H3;1H/q+1;/p-1. The number of benzene rings is 2. The number of hydrogen-bond donors (Lipinski definition) is 0. The van der Waals surface area contributed by atoms with Crippen molar-refractivity contribution >= 4 is 11.6 Å². The lowest BCUT2D eigenvalue weighted by molar-refractivity contribution is -0.671. The largest absolute Gasteiger partial charge is 1.00 e. The minimum absolute atomic E-state index is 0. The van der Waals surface area contributed by atoms with E-state index in [9.17, 15) is 4.79 Å². The van der Waals surface area contributed by atoms with Gasteiger partial charge in [0.2, 0.25) is 0 Å². The van der Waals surface area contributed by atoms with Crippen molar-refractivity contribution in [1.82, 2.24) is 0 Å². The van der Waals surface area contributed by atoms with Gasteiger partial charge in [-0.15, -0.1) is 0 Å². The molecule has 0 atom stereocenters. The summed E-state index contributed by atoms with van der Waals surface area (Å²) in [6.07, 6.45) is 22.8. The van der Waals surface area contributed by atoms with Gasteiger partial charge >= 0.3 is 0 Å². The fourth-order valence-corrected chi connectivity index (χ4v) is 5.74. The monoisotopic (exact) mass is 726 g/mol. The summed E-state index contributed by atoms with van der Waals surface area (Å²) in [4.78, 5) is 15.5. The van der Waals surface area contributed by atoms with Crippen molar-refractivity contribution in [2.75, 3.05) is 11.5 Å². The van der Waals surface area contributed by atoms with Gasteiger partial charge in [-0.2, -0.15) is 0 Å². The summed E-state index contributed by atoms with van der Waals surface area (Å²) in [5.74, 6) is 0.955. The Balaban J connectivity index is 0.00000705. The SMILES string of the molecule is CCCCCCCCCCCCCCCCOc1ccc(CN(C(=O)c2cc[n+](C)cc2)c2ccccc2)cc1C(C)(C)C.[I-]. The number of aromatic nitrogens is 1. The number of anilines is 1. The molecule has 0 aliphatic carbocycles. The van der Waals surface area contributed by atoms with Gasteiger partial charge in [0.15, 0.2) is 12.4 Å². The van der Waals surface area contributed by atoms with Crippen molar-refractivity contribution in [2.24, 2.45) is 7.05 Å². The van der Waals surface area contributed by atoms with Gasteiger partial charge < -0.3 is 33.6 Å². The summed E-state index contributed by atoms with van der Waals surface area (Å²) >= 11 is 0. The van der Waals surface area contributed by atoms with Gasteiger partial charge in [0, 0.05) is 17.8 Å². The summed E-state index contributed by atoms with van der Waals surface area (Å²) < 4.78 is 8.30. The Bertz CT molecular complexity index is 1220. The number of carbonyl (C=O) groups excluding carboxylic acids is 1. The molecule has 3 aromatic rings. The van der Waals surface area contributed by atoms with Crippen LogP contribution in [0, 0.1) is 0 Å². The Morgan fingerprint density at radius 2 is 1.27 bits per heavy atom. The molecule has 4 nitrogen and oxygen atoms in total. The first kappa shape index (κ1) is 38.8. The number of nitrogens with zero attached hydrogens (tertiary/aromatic N) is 2. The highest BCUT2D eigenvalue weighted by Crippen LogP contribution is 2.33. The summed E-state index contributed by atoms with van der Waals surface area (Å²) in [7, 11) is 1.96. The minimum Gasteiger partial charge on any atom is -1.00 e. The number of hydrogen-bond acceptors (Lipinski definition) is 2. The lowest BCUT2D eigenvalue weighted by Crippen LogP contribution is -3.00. The highest BCUT2D eigenvalue weighted by atomic mass is 127. The van der Waals surface area contributed by atoms with Crippen molar-refractivity contribution in [3.05, 3.63) is 89.7 Å². The Kier molecular flexibility index (Phi) is 18.4. The molecular formula is C40H59IN2O2. The van der Waals surface area contributed by atoms with E-state index in [0.29, 0.717) is 12.1 Å². The van der Waals surface area contributed by atoms with Crippen molar-refractivity contribution in [2.45, 2.75) is 130 Å². The molecule has 0 bridgehead atoms. The predicted molar refractivity (Wildman–Crippen MR) is 186 cm³/mol.